The van der Waals surface area contributed by atoms with Gasteiger partial charge in [-0.2, -0.15) is 0 Å². The van der Waals surface area contributed by atoms with Crippen LogP contribution in [0.25, 0.3) is 0 Å². The molecule has 6 heteroatoms. The smallest absolute Gasteiger partial charge is 0.224 e. The fraction of sp³-hybridized carbons (Fsp3) is 0.650. The highest BCUT2D eigenvalue weighted by Crippen LogP contribution is 2.53. The van der Waals surface area contributed by atoms with E-state index in [1.54, 1.807) is 7.11 Å². The van der Waals surface area contributed by atoms with E-state index in [1.807, 2.05) is 23.1 Å². The molecule has 0 unspecified atom stereocenters. The van der Waals surface area contributed by atoms with Crippen LogP contribution in [0.1, 0.15) is 43.8 Å². The summed E-state index contributed by atoms with van der Waals surface area (Å²) < 4.78 is 17.8. The lowest BCUT2D eigenvalue weighted by Gasteiger charge is -2.53. The molecular weight excluding hydrogens is 354 g/mol. The van der Waals surface area contributed by atoms with Gasteiger partial charge >= 0.3 is 0 Å². The second-order valence-corrected chi connectivity index (χ2v) is 7.95. The second kappa shape index (κ2) is 7.37. The van der Waals surface area contributed by atoms with Crippen molar-refractivity contribution in [3.63, 3.8) is 0 Å². The first kappa shape index (κ1) is 18.1. The largest absolute Gasteiger partial charge is 0.486 e. The Morgan fingerprint density at radius 1 is 1.38 bits per heavy atom. The van der Waals surface area contributed by atoms with E-state index in [1.165, 1.54) is 0 Å². The second-order valence-electron chi connectivity index (χ2n) is 7.51. The summed E-state index contributed by atoms with van der Waals surface area (Å²) in [5, 5.41) is 0.717. The minimum absolute atomic E-state index is 0.0435. The third kappa shape index (κ3) is 3.21. The van der Waals surface area contributed by atoms with E-state index in [-0.39, 0.29) is 17.6 Å². The molecule has 0 N–H and O–H groups in total. The summed E-state index contributed by atoms with van der Waals surface area (Å²) in [6.07, 6.45) is 4.33. The Morgan fingerprint density at radius 2 is 2.19 bits per heavy atom. The quantitative estimate of drug-likeness (QED) is 0.805. The van der Waals surface area contributed by atoms with E-state index in [0.29, 0.717) is 18.9 Å². The van der Waals surface area contributed by atoms with Crippen LogP contribution in [0.4, 0.5) is 0 Å². The van der Waals surface area contributed by atoms with Gasteiger partial charge in [0.15, 0.2) is 0 Å². The van der Waals surface area contributed by atoms with Crippen LogP contribution in [0.15, 0.2) is 18.2 Å². The van der Waals surface area contributed by atoms with Gasteiger partial charge in [0, 0.05) is 56.2 Å². The molecule has 142 valence electrons. The molecule has 2 atom stereocenters. The third-order valence-corrected chi connectivity index (χ3v) is 6.31. The minimum Gasteiger partial charge on any atom is -0.486 e. The van der Waals surface area contributed by atoms with Crippen LogP contribution in [0.5, 0.6) is 5.75 Å². The summed E-state index contributed by atoms with van der Waals surface area (Å²) in [5.74, 6) is 1.37. The summed E-state index contributed by atoms with van der Waals surface area (Å²) in [5.41, 5.74) is 0.829. The first-order valence-corrected chi connectivity index (χ1v) is 9.87. The number of methoxy groups -OCH3 is 1. The monoisotopic (exact) mass is 379 g/mol. The summed E-state index contributed by atoms with van der Waals surface area (Å²) in [6, 6.07) is 5.82. The van der Waals surface area contributed by atoms with Gasteiger partial charge in [-0.15, -0.1) is 0 Å². The SMILES string of the molecule is COCCC(=O)N1CCC2(CC1)Oc1ccc(Cl)cc1[C@H]1OCCC[C@@H]12. The van der Waals surface area contributed by atoms with E-state index in [2.05, 4.69) is 0 Å². The number of carbonyl (C=O) groups is 1. The number of fused-ring (bicyclic) bond motifs is 4. The molecular formula is C20H26ClNO4. The zero-order chi connectivity index (χ0) is 18.1. The Hall–Kier alpha value is -1.30. The zero-order valence-electron chi connectivity index (χ0n) is 15.2. The van der Waals surface area contributed by atoms with E-state index in [9.17, 15) is 4.79 Å². The molecule has 2 fully saturated rings. The van der Waals surface area contributed by atoms with Crippen molar-refractivity contribution in [2.45, 2.75) is 43.8 Å². The number of carbonyl (C=O) groups excluding carboxylic acids is 1. The fourth-order valence-corrected chi connectivity index (χ4v) is 4.89. The van der Waals surface area contributed by atoms with Crippen molar-refractivity contribution in [2.75, 3.05) is 33.4 Å². The van der Waals surface area contributed by atoms with Crippen LogP contribution in [0, 0.1) is 5.92 Å². The lowest BCUT2D eigenvalue weighted by molar-refractivity contribution is -0.157. The highest BCUT2D eigenvalue weighted by Gasteiger charge is 2.52. The molecule has 1 aromatic carbocycles. The number of nitrogens with zero attached hydrogens (tertiary/aromatic N) is 1. The molecule has 3 aliphatic rings. The Labute approximate surface area is 159 Å². The molecule has 1 spiro atoms. The van der Waals surface area contributed by atoms with E-state index >= 15 is 0 Å². The van der Waals surface area contributed by atoms with Gasteiger partial charge in [0.25, 0.3) is 0 Å². The van der Waals surface area contributed by atoms with E-state index in [4.69, 9.17) is 25.8 Å². The predicted octanol–water partition coefficient (Wildman–Crippen LogP) is 3.60. The number of amides is 1. The van der Waals surface area contributed by atoms with E-state index < -0.39 is 0 Å². The van der Waals surface area contributed by atoms with Gasteiger partial charge in [-0.1, -0.05) is 11.6 Å². The molecule has 1 aromatic rings. The van der Waals surface area contributed by atoms with Crippen LogP contribution >= 0.6 is 11.6 Å². The maximum absolute atomic E-state index is 12.3. The summed E-state index contributed by atoms with van der Waals surface area (Å²) in [4.78, 5) is 14.3. The molecule has 2 saturated heterocycles. The Morgan fingerprint density at radius 3 is 2.96 bits per heavy atom. The number of hydrogen-bond donors (Lipinski definition) is 0. The van der Waals surface area contributed by atoms with Crippen molar-refractivity contribution in [3.8, 4) is 5.75 Å². The van der Waals surface area contributed by atoms with Crippen molar-refractivity contribution in [3.05, 3.63) is 28.8 Å². The molecule has 0 aromatic heterocycles. The zero-order valence-corrected chi connectivity index (χ0v) is 16.0. The van der Waals surface area contributed by atoms with Crippen LogP contribution in [0.2, 0.25) is 5.02 Å². The van der Waals surface area contributed by atoms with Gasteiger partial charge in [-0.25, -0.2) is 0 Å². The highest BCUT2D eigenvalue weighted by atomic mass is 35.5. The average molecular weight is 380 g/mol. The summed E-state index contributed by atoms with van der Waals surface area (Å²) >= 11 is 6.22. The predicted molar refractivity (Wildman–Crippen MR) is 98.5 cm³/mol. The number of rotatable bonds is 3. The number of ether oxygens (including phenoxy) is 3. The number of halogens is 1. The average Bonchev–Trinajstić information content (AvgIpc) is 2.68. The third-order valence-electron chi connectivity index (χ3n) is 6.07. The Balaban J connectivity index is 1.55. The van der Waals surface area contributed by atoms with Crippen molar-refractivity contribution in [1.82, 2.24) is 4.90 Å². The fourth-order valence-electron chi connectivity index (χ4n) is 4.71. The standard InChI is InChI=1S/C20H26ClNO4/c1-24-12-6-18(23)22-9-7-20(8-10-22)16-3-2-11-25-19(16)15-13-14(21)4-5-17(15)26-20/h4-5,13,16,19H,2-3,6-12H2,1H3/t16-,19+/m0/s1. The van der Waals surface area contributed by atoms with Gasteiger partial charge < -0.3 is 19.1 Å². The first-order valence-electron chi connectivity index (χ1n) is 9.50. The topological polar surface area (TPSA) is 48.0 Å². The van der Waals surface area contributed by atoms with Gasteiger partial charge in [0.2, 0.25) is 5.91 Å². The van der Waals surface area contributed by atoms with Gasteiger partial charge in [-0.3, -0.25) is 4.79 Å². The normalized spacial score (nSPS) is 26.8. The summed E-state index contributed by atoms with van der Waals surface area (Å²) in [6.45, 7) is 2.72. The molecule has 4 rings (SSSR count). The molecule has 0 radical (unpaired) electrons. The van der Waals surface area contributed by atoms with Crippen LogP contribution in [0.3, 0.4) is 0 Å². The Kier molecular flexibility index (Phi) is 5.13. The Bertz CT molecular complexity index is 672. The molecule has 3 heterocycles. The van der Waals surface area contributed by atoms with Crippen molar-refractivity contribution in [1.29, 1.82) is 0 Å². The summed E-state index contributed by atoms with van der Waals surface area (Å²) in [7, 11) is 1.63. The van der Waals surface area contributed by atoms with Crippen LogP contribution in [-0.2, 0) is 14.3 Å². The van der Waals surface area contributed by atoms with Crippen LogP contribution in [-0.4, -0.2) is 49.8 Å². The maximum atomic E-state index is 12.3. The van der Waals surface area contributed by atoms with Gasteiger partial charge in [-0.05, 0) is 31.0 Å². The maximum Gasteiger partial charge on any atom is 0.224 e. The van der Waals surface area contributed by atoms with E-state index in [0.717, 1.165) is 61.7 Å². The molecule has 3 aliphatic heterocycles. The van der Waals surface area contributed by atoms with Gasteiger partial charge in [0.05, 0.1) is 19.1 Å². The van der Waals surface area contributed by atoms with Gasteiger partial charge in [0.1, 0.15) is 11.4 Å². The van der Waals surface area contributed by atoms with Crippen molar-refractivity contribution >= 4 is 17.5 Å². The molecule has 0 bridgehead atoms. The molecule has 26 heavy (non-hydrogen) atoms. The number of likely N-dealkylation sites (tertiary alicyclic amines) is 1. The van der Waals surface area contributed by atoms with Crippen LogP contribution < -0.4 is 4.74 Å². The minimum atomic E-state index is -0.246. The lowest BCUT2D eigenvalue weighted by atomic mass is 9.70. The molecule has 1 amide bonds. The van der Waals surface area contributed by atoms with Crippen molar-refractivity contribution < 1.29 is 19.0 Å². The highest BCUT2D eigenvalue weighted by molar-refractivity contribution is 6.30. The molecule has 0 aliphatic carbocycles. The first-order chi connectivity index (χ1) is 12.6. The lowest BCUT2D eigenvalue weighted by Crippen LogP contribution is -2.57. The number of benzene rings is 1. The van der Waals surface area contributed by atoms with Crippen molar-refractivity contribution in [2.24, 2.45) is 5.92 Å². The molecule has 0 saturated carbocycles. The number of piperidine rings is 1. The molecule has 5 nitrogen and oxygen atoms in total. The number of hydrogen-bond acceptors (Lipinski definition) is 4.